The van der Waals surface area contributed by atoms with Gasteiger partial charge >= 0.3 is 0 Å². The lowest BCUT2D eigenvalue weighted by Crippen LogP contribution is -2.26. The Labute approximate surface area is 149 Å². The lowest BCUT2D eigenvalue weighted by Gasteiger charge is -2.13. The molecule has 1 aliphatic heterocycles. The Balaban J connectivity index is 1.54. The molecule has 0 radical (unpaired) electrons. The third-order valence-electron chi connectivity index (χ3n) is 4.19. The number of hydrogen-bond acceptors (Lipinski definition) is 6. The van der Waals surface area contributed by atoms with Crippen LogP contribution < -0.4 is 4.74 Å². The molecule has 2 aromatic heterocycles. The maximum atomic E-state index is 12.4. The van der Waals surface area contributed by atoms with Crippen LogP contribution in [0.3, 0.4) is 0 Å². The minimum Gasteiger partial charge on any atom is -0.497 e. The summed E-state index contributed by atoms with van der Waals surface area (Å²) in [4.78, 5) is 20.3. The highest BCUT2D eigenvalue weighted by Crippen LogP contribution is 2.29. The van der Waals surface area contributed by atoms with Gasteiger partial charge in [-0.1, -0.05) is 5.16 Å². The molecule has 0 bridgehead atoms. The number of carbonyl (C=O) groups is 1. The zero-order valence-electron chi connectivity index (χ0n) is 13.8. The van der Waals surface area contributed by atoms with Crippen LogP contribution >= 0.6 is 11.3 Å². The molecule has 6 nitrogen and oxygen atoms in total. The number of carbonyl (C=O) groups excluding carboxylic acids is 1. The number of benzene rings is 1. The van der Waals surface area contributed by atoms with Crippen LogP contribution in [0.4, 0.5) is 0 Å². The number of ether oxygens (including phenoxy) is 1. The Morgan fingerprint density at radius 1 is 1.16 bits per heavy atom. The second kappa shape index (κ2) is 6.68. The van der Waals surface area contributed by atoms with Gasteiger partial charge in [0.2, 0.25) is 5.82 Å². The Morgan fingerprint density at radius 2 is 1.92 bits per heavy atom. The standard InChI is InChI=1S/C18H17N3O3S/c1-23-13-6-4-12(5-7-13)17-19-16(20-24-17)14-8-9-15(25-14)18(22)21-10-2-3-11-21/h4-9H,2-3,10-11H2,1H3. The topological polar surface area (TPSA) is 68.5 Å². The molecule has 0 atom stereocenters. The van der Waals surface area contributed by atoms with Crippen molar-refractivity contribution in [2.45, 2.75) is 12.8 Å². The van der Waals surface area contributed by atoms with Crippen molar-refractivity contribution in [3.8, 4) is 27.9 Å². The number of methoxy groups -OCH3 is 1. The molecule has 1 fully saturated rings. The van der Waals surface area contributed by atoms with Gasteiger partial charge in [-0.2, -0.15) is 4.98 Å². The molecule has 1 aromatic carbocycles. The lowest BCUT2D eigenvalue weighted by molar-refractivity contribution is 0.0797. The molecule has 4 rings (SSSR count). The fourth-order valence-corrected chi connectivity index (χ4v) is 3.72. The summed E-state index contributed by atoms with van der Waals surface area (Å²) in [5.41, 5.74) is 0.824. The maximum absolute atomic E-state index is 12.4. The van der Waals surface area contributed by atoms with Gasteiger partial charge in [0.1, 0.15) is 5.75 Å². The fraction of sp³-hybridized carbons (Fsp3) is 0.278. The third kappa shape index (κ3) is 3.15. The predicted molar refractivity (Wildman–Crippen MR) is 94.7 cm³/mol. The summed E-state index contributed by atoms with van der Waals surface area (Å²) in [7, 11) is 1.62. The van der Waals surface area contributed by atoms with E-state index < -0.39 is 0 Å². The Morgan fingerprint density at radius 3 is 2.64 bits per heavy atom. The Hall–Kier alpha value is -2.67. The molecule has 0 spiro atoms. The summed E-state index contributed by atoms with van der Waals surface area (Å²) >= 11 is 1.40. The van der Waals surface area contributed by atoms with Gasteiger partial charge in [-0.05, 0) is 49.2 Å². The van der Waals surface area contributed by atoms with Crippen LogP contribution in [0.15, 0.2) is 40.9 Å². The number of rotatable bonds is 4. The van der Waals surface area contributed by atoms with E-state index in [4.69, 9.17) is 9.26 Å². The molecule has 0 aliphatic carbocycles. The minimum atomic E-state index is 0.0904. The molecular formula is C18H17N3O3S. The first-order chi connectivity index (χ1) is 12.2. The zero-order valence-corrected chi connectivity index (χ0v) is 14.6. The first kappa shape index (κ1) is 15.8. The molecule has 0 unspecified atom stereocenters. The van der Waals surface area contributed by atoms with Gasteiger partial charge in [0.25, 0.3) is 11.8 Å². The molecule has 1 aliphatic rings. The highest BCUT2D eigenvalue weighted by Gasteiger charge is 2.22. The molecule has 128 valence electrons. The molecule has 25 heavy (non-hydrogen) atoms. The van der Waals surface area contributed by atoms with E-state index in [1.165, 1.54) is 11.3 Å². The van der Waals surface area contributed by atoms with Gasteiger partial charge < -0.3 is 14.2 Å². The molecule has 0 N–H and O–H groups in total. The average Bonchev–Trinajstić information content (AvgIpc) is 3.42. The van der Waals surface area contributed by atoms with E-state index in [1.807, 2.05) is 41.3 Å². The van der Waals surface area contributed by atoms with E-state index >= 15 is 0 Å². The van der Waals surface area contributed by atoms with Crippen molar-refractivity contribution in [2.75, 3.05) is 20.2 Å². The van der Waals surface area contributed by atoms with Crippen LogP contribution in [0.1, 0.15) is 22.5 Å². The van der Waals surface area contributed by atoms with Gasteiger partial charge in [-0.15, -0.1) is 11.3 Å². The van der Waals surface area contributed by atoms with Gasteiger partial charge in [-0.25, -0.2) is 0 Å². The van der Waals surface area contributed by atoms with Crippen molar-refractivity contribution in [3.05, 3.63) is 41.3 Å². The smallest absolute Gasteiger partial charge is 0.263 e. The number of aromatic nitrogens is 2. The van der Waals surface area contributed by atoms with Crippen molar-refractivity contribution in [2.24, 2.45) is 0 Å². The zero-order chi connectivity index (χ0) is 17.2. The molecule has 1 amide bonds. The van der Waals surface area contributed by atoms with Crippen LogP contribution in [0, 0.1) is 0 Å². The minimum absolute atomic E-state index is 0.0904. The van der Waals surface area contributed by atoms with E-state index in [0.29, 0.717) is 16.6 Å². The van der Waals surface area contributed by atoms with Gasteiger partial charge in [0, 0.05) is 18.7 Å². The molecule has 0 saturated carbocycles. The van der Waals surface area contributed by atoms with E-state index in [9.17, 15) is 4.79 Å². The summed E-state index contributed by atoms with van der Waals surface area (Å²) < 4.78 is 10.5. The summed E-state index contributed by atoms with van der Waals surface area (Å²) in [6.45, 7) is 1.69. The second-order valence-corrected chi connectivity index (χ2v) is 6.90. The third-order valence-corrected chi connectivity index (χ3v) is 5.26. The van der Waals surface area contributed by atoms with Gasteiger partial charge in [0.05, 0.1) is 16.9 Å². The molecule has 1 saturated heterocycles. The fourth-order valence-electron chi connectivity index (χ4n) is 2.82. The predicted octanol–water partition coefficient (Wildman–Crippen LogP) is 3.71. The molecular weight excluding hydrogens is 338 g/mol. The summed E-state index contributed by atoms with van der Waals surface area (Å²) in [6, 6.07) is 11.1. The van der Waals surface area contributed by atoms with Crippen LogP contribution in [0.5, 0.6) is 5.75 Å². The van der Waals surface area contributed by atoms with Crippen LogP contribution in [0.25, 0.3) is 22.2 Å². The SMILES string of the molecule is COc1ccc(-c2nc(-c3ccc(C(=O)N4CCCC4)s3)no2)cc1. The van der Waals surface area contributed by atoms with Crippen molar-refractivity contribution in [3.63, 3.8) is 0 Å². The Bertz CT molecular complexity index is 879. The normalized spacial score (nSPS) is 14.0. The second-order valence-electron chi connectivity index (χ2n) is 5.81. The first-order valence-corrected chi connectivity index (χ1v) is 8.94. The number of amides is 1. The number of hydrogen-bond donors (Lipinski definition) is 0. The van der Waals surface area contributed by atoms with Crippen LogP contribution in [-0.2, 0) is 0 Å². The van der Waals surface area contributed by atoms with E-state index in [0.717, 1.165) is 42.1 Å². The maximum Gasteiger partial charge on any atom is 0.263 e. The Kier molecular flexibility index (Phi) is 4.23. The van der Waals surface area contributed by atoms with Crippen molar-refractivity contribution in [1.29, 1.82) is 0 Å². The summed E-state index contributed by atoms with van der Waals surface area (Å²) in [5.74, 6) is 1.80. The van der Waals surface area contributed by atoms with E-state index in [2.05, 4.69) is 10.1 Å². The number of likely N-dealkylation sites (tertiary alicyclic amines) is 1. The quantitative estimate of drug-likeness (QED) is 0.714. The van der Waals surface area contributed by atoms with Crippen molar-refractivity contribution >= 4 is 17.2 Å². The van der Waals surface area contributed by atoms with E-state index in [1.54, 1.807) is 7.11 Å². The van der Waals surface area contributed by atoms with Crippen LogP contribution in [0.2, 0.25) is 0 Å². The van der Waals surface area contributed by atoms with Gasteiger partial charge in [0.15, 0.2) is 0 Å². The van der Waals surface area contributed by atoms with E-state index in [-0.39, 0.29) is 5.91 Å². The van der Waals surface area contributed by atoms with Crippen molar-refractivity contribution < 1.29 is 14.1 Å². The first-order valence-electron chi connectivity index (χ1n) is 8.12. The van der Waals surface area contributed by atoms with Crippen LogP contribution in [-0.4, -0.2) is 41.1 Å². The van der Waals surface area contributed by atoms with Gasteiger partial charge in [-0.3, -0.25) is 4.79 Å². The highest BCUT2D eigenvalue weighted by molar-refractivity contribution is 7.17. The molecule has 3 aromatic rings. The van der Waals surface area contributed by atoms with Crippen molar-refractivity contribution in [1.82, 2.24) is 15.0 Å². The molecule has 7 heteroatoms. The largest absolute Gasteiger partial charge is 0.497 e. The summed E-state index contributed by atoms with van der Waals surface area (Å²) in [5, 5.41) is 4.04. The molecule has 3 heterocycles. The lowest BCUT2D eigenvalue weighted by atomic mass is 10.2. The monoisotopic (exact) mass is 355 g/mol. The highest BCUT2D eigenvalue weighted by atomic mass is 32.1. The number of thiophene rings is 1. The summed E-state index contributed by atoms with van der Waals surface area (Å²) in [6.07, 6.45) is 2.17. The average molecular weight is 355 g/mol. The number of nitrogens with zero attached hydrogens (tertiary/aromatic N) is 3.